The molecule has 1 aromatic carbocycles. The van der Waals surface area contributed by atoms with Gasteiger partial charge in [-0.1, -0.05) is 32.1 Å². The minimum atomic E-state index is -3.94. The van der Waals surface area contributed by atoms with Crippen molar-refractivity contribution >= 4 is 49.7 Å². The Morgan fingerprint density at radius 1 is 1.00 bits per heavy atom. The summed E-state index contributed by atoms with van der Waals surface area (Å²) in [5.74, 6) is -0.517. The fourth-order valence-corrected chi connectivity index (χ4v) is 3.63. The van der Waals surface area contributed by atoms with Crippen LogP contribution in [0.25, 0.3) is 0 Å². The van der Waals surface area contributed by atoms with Gasteiger partial charge in [-0.15, -0.1) is 10.2 Å². The Morgan fingerprint density at radius 2 is 1.58 bits per heavy atom. The number of carbonyl (C=O) groups excluding carboxylic acids is 2. The molecule has 0 fully saturated rings. The normalized spacial score (nSPS) is 11.7. The Bertz CT molecular complexity index is 914. The summed E-state index contributed by atoms with van der Waals surface area (Å²) >= 11 is 0.753. The van der Waals surface area contributed by atoms with Crippen LogP contribution in [0.4, 0.5) is 16.5 Å². The number of sulfonamides is 1. The molecule has 0 saturated carbocycles. The van der Waals surface area contributed by atoms with Gasteiger partial charge >= 0.3 is 0 Å². The molecule has 0 unspecified atom stereocenters. The highest BCUT2D eigenvalue weighted by atomic mass is 32.2. The average molecular weight is 397 g/mol. The standard InChI is InChI=1S/C15H19N5O4S2/c1-9(21)16-10-5-7-11(8-6-10)20-26(23,24)14-19-18-13(25-14)17-12(22)15(2,3)4/h5-8,20H,1-4H3,(H,16,21)(H,17,18,22). The van der Waals surface area contributed by atoms with E-state index < -0.39 is 15.4 Å². The highest BCUT2D eigenvalue weighted by Crippen LogP contribution is 2.25. The molecule has 0 aliphatic carbocycles. The molecule has 0 atom stereocenters. The number of aromatic nitrogens is 2. The van der Waals surface area contributed by atoms with Gasteiger partial charge in [0.15, 0.2) is 0 Å². The van der Waals surface area contributed by atoms with Crippen molar-refractivity contribution in [2.75, 3.05) is 15.4 Å². The second kappa shape index (κ2) is 7.38. The van der Waals surface area contributed by atoms with Crippen molar-refractivity contribution in [3.05, 3.63) is 24.3 Å². The Balaban J connectivity index is 2.11. The smallest absolute Gasteiger partial charge is 0.291 e. The van der Waals surface area contributed by atoms with E-state index in [4.69, 9.17) is 0 Å². The minimum Gasteiger partial charge on any atom is -0.326 e. The van der Waals surface area contributed by atoms with Crippen molar-refractivity contribution in [1.29, 1.82) is 0 Å². The van der Waals surface area contributed by atoms with Crippen molar-refractivity contribution in [2.24, 2.45) is 5.41 Å². The third-order valence-electron chi connectivity index (χ3n) is 3.00. The number of rotatable bonds is 5. The molecular weight excluding hydrogens is 378 g/mol. The highest BCUT2D eigenvalue weighted by Gasteiger charge is 2.25. The number of anilines is 3. The van der Waals surface area contributed by atoms with Gasteiger partial charge in [0.25, 0.3) is 14.4 Å². The van der Waals surface area contributed by atoms with Gasteiger partial charge in [0, 0.05) is 23.7 Å². The third-order valence-corrected chi connectivity index (χ3v) is 5.58. The van der Waals surface area contributed by atoms with Crippen LogP contribution in [0.15, 0.2) is 28.6 Å². The van der Waals surface area contributed by atoms with E-state index in [0.29, 0.717) is 11.4 Å². The summed E-state index contributed by atoms with van der Waals surface area (Å²) in [6, 6.07) is 6.14. The maximum absolute atomic E-state index is 12.4. The van der Waals surface area contributed by atoms with Crippen molar-refractivity contribution in [2.45, 2.75) is 32.0 Å². The van der Waals surface area contributed by atoms with Gasteiger partial charge in [0.1, 0.15) is 0 Å². The van der Waals surface area contributed by atoms with Crippen LogP contribution >= 0.6 is 11.3 Å². The first kappa shape index (κ1) is 19.8. The molecule has 1 aromatic heterocycles. The van der Waals surface area contributed by atoms with Gasteiger partial charge in [-0.25, -0.2) is 0 Å². The fourth-order valence-electron chi connectivity index (χ4n) is 1.68. The van der Waals surface area contributed by atoms with Crippen LogP contribution in [0.5, 0.6) is 0 Å². The van der Waals surface area contributed by atoms with Crippen LogP contribution in [0.1, 0.15) is 27.7 Å². The van der Waals surface area contributed by atoms with Crippen LogP contribution < -0.4 is 15.4 Å². The molecule has 2 aromatic rings. The average Bonchev–Trinajstić information content (AvgIpc) is 2.97. The van der Waals surface area contributed by atoms with Gasteiger partial charge in [0.05, 0.1) is 0 Å². The Kier molecular flexibility index (Phi) is 5.62. The highest BCUT2D eigenvalue weighted by molar-refractivity contribution is 7.94. The zero-order valence-corrected chi connectivity index (χ0v) is 16.3. The van der Waals surface area contributed by atoms with Crippen LogP contribution in [0.3, 0.4) is 0 Å². The van der Waals surface area contributed by atoms with Crippen LogP contribution in [-0.4, -0.2) is 30.4 Å². The van der Waals surface area contributed by atoms with E-state index >= 15 is 0 Å². The third kappa shape index (κ3) is 5.23. The molecule has 1 heterocycles. The summed E-state index contributed by atoms with van der Waals surface area (Å²) in [5.41, 5.74) is 0.205. The molecular formula is C15H19N5O4S2. The molecule has 0 bridgehead atoms. The lowest BCUT2D eigenvalue weighted by Gasteiger charge is -2.15. The maximum atomic E-state index is 12.4. The molecule has 0 spiro atoms. The van der Waals surface area contributed by atoms with Crippen molar-refractivity contribution < 1.29 is 18.0 Å². The van der Waals surface area contributed by atoms with Gasteiger partial charge in [-0.3, -0.25) is 14.3 Å². The molecule has 0 aliphatic heterocycles. The number of hydrogen-bond donors (Lipinski definition) is 3. The lowest BCUT2D eigenvalue weighted by Crippen LogP contribution is -2.27. The topological polar surface area (TPSA) is 130 Å². The first-order chi connectivity index (χ1) is 12.0. The molecule has 2 amide bonds. The van der Waals surface area contributed by atoms with E-state index in [1.807, 2.05) is 0 Å². The van der Waals surface area contributed by atoms with E-state index in [9.17, 15) is 18.0 Å². The first-order valence-electron chi connectivity index (χ1n) is 7.53. The molecule has 3 N–H and O–H groups in total. The summed E-state index contributed by atoms with van der Waals surface area (Å²) in [6.07, 6.45) is 0. The van der Waals surface area contributed by atoms with E-state index in [1.54, 1.807) is 32.9 Å². The van der Waals surface area contributed by atoms with Crippen molar-refractivity contribution in [1.82, 2.24) is 10.2 Å². The summed E-state index contributed by atoms with van der Waals surface area (Å²) in [6.45, 7) is 6.57. The SMILES string of the molecule is CC(=O)Nc1ccc(NS(=O)(=O)c2nnc(NC(=O)C(C)(C)C)s2)cc1. The number of amides is 2. The fraction of sp³-hybridized carbons (Fsp3) is 0.333. The lowest BCUT2D eigenvalue weighted by atomic mass is 9.96. The molecule has 9 nitrogen and oxygen atoms in total. The van der Waals surface area contributed by atoms with Crippen LogP contribution in [-0.2, 0) is 19.6 Å². The van der Waals surface area contributed by atoms with E-state index in [-0.39, 0.29) is 21.3 Å². The van der Waals surface area contributed by atoms with Crippen molar-refractivity contribution in [3.63, 3.8) is 0 Å². The quantitative estimate of drug-likeness (QED) is 0.664. The Hall–Kier alpha value is -2.53. The van der Waals surface area contributed by atoms with E-state index in [0.717, 1.165) is 11.3 Å². The molecule has 0 aliphatic rings. The number of benzene rings is 1. The summed E-state index contributed by atoms with van der Waals surface area (Å²) < 4.78 is 26.8. The predicted octanol–water partition coefficient (Wildman–Crippen LogP) is 2.28. The van der Waals surface area contributed by atoms with Gasteiger partial charge in [0.2, 0.25) is 16.9 Å². The van der Waals surface area contributed by atoms with E-state index in [2.05, 4.69) is 25.6 Å². The molecule has 26 heavy (non-hydrogen) atoms. The van der Waals surface area contributed by atoms with Crippen LogP contribution in [0, 0.1) is 5.41 Å². The Morgan fingerprint density at radius 3 is 2.12 bits per heavy atom. The molecule has 0 radical (unpaired) electrons. The second-order valence-electron chi connectivity index (χ2n) is 6.44. The zero-order valence-electron chi connectivity index (χ0n) is 14.7. The van der Waals surface area contributed by atoms with Crippen molar-refractivity contribution in [3.8, 4) is 0 Å². The second-order valence-corrected chi connectivity index (χ2v) is 9.27. The minimum absolute atomic E-state index is 0.103. The monoisotopic (exact) mass is 397 g/mol. The number of nitrogens with zero attached hydrogens (tertiary/aromatic N) is 2. The molecule has 0 saturated heterocycles. The first-order valence-corrected chi connectivity index (χ1v) is 9.83. The summed E-state index contributed by atoms with van der Waals surface area (Å²) in [7, 11) is -3.94. The molecule has 140 valence electrons. The molecule has 2 rings (SSSR count). The summed E-state index contributed by atoms with van der Waals surface area (Å²) in [4.78, 5) is 22.9. The Labute approximate surface area is 155 Å². The van der Waals surface area contributed by atoms with Gasteiger partial charge in [-0.05, 0) is 24.3 Å². The molecule has 11 heteroatoms. The van der Waals surface area contributed by atoms with Crippen LogP contribution in [0.2, 0.25) is 0 Å². The van der Waals surface area contributed by atoms with Gasteiger partial charge in [-0.2, -0.15) is 8.42 Å². The predicted molar refractivity (Wildman–Crippen MR) is 99.5 cm³/mol. The maximum Gasteiger partial charge on any atom is 0.291 e. The largest absolute Gasteiger partial charge is 0.326 e. The van der Waals surface area contributed by atoms with Gasteiger partial charge < -0.3 is 10.6 Å². The lowest BCUT2D eigenvalue weighted by molar-refractivity contribution is -0.123. The number of nitrogens with one attached hydrogen (secondary N) is 3. The zero-order chi connectivity index (χ0) is 19.5. The van der Waals surface area contributed by atoms with E-state index in [1.165, 1.54) is 19.1 Å². The number of carbonyl (C=O) groups is 2. The number of hydrogen-bond acceptors (Lipinski definition) is 7. The summed E-state index contributed by atoms with van der Waals surface area (Å²) in [5, 5.41) is 12.5.